The second-order valence-corrected chi connectivity index (χ2v) is 6.25. The van der Waals surface area contributed by atoms with E-state index in [2.05, 4.69) is 16.3 Å². The zero-order chi connectivity index (χ0) is 16.8. The number of halogens is 1. The van der Waals surface area contributed by atoms with E-state index >= 15 is 0 Å². The maximum absolute atomic E-state index is 9.59. The van der Waals surface area contributed by atoms with Gasteiger partial charge in [-0.3, -0.25) is 4.90 Å². The molecule has 1 unspecified atom stereocenters. The van der Waals surface area contributed by atoms with Gasteiger partial charge in [-0.2, -0.15) is 5.26 Å². The zero-order valence-electron chi connectivity index (χ0n) is 13.4. The quantitative estimate of drug-likeness (QED) is 0.905. The molecular weight excluding hydrogens is 322 g/mol. The number of ether oxygens (including phenoxy) is 1. The summed E-state index contributed by atoms with van der Waals surface area (Å²) in [6.07, 6.45) is 0. The number of hydrogen-bond acceptors (Lipinski definition) is 4. The van der Waals surface area contributed by atoms with E-state index in [9.17, 15) is 5.26 Å². The predicted octanol–water partition coefficient (Wildman–Crippen LogP) is 3.39. The number of nitriles is 1. The van der Waals surface area contributed by atoms with Crippen LogP contribution in [0.2, 0.25) is 5.02 Å². The monoisotopic (exact) mass is 341 g/mol. The summed E-state index contributed by atoms with van der Waals surface area (Å²) in [5.74, 6) is 0.767. The molecule has 1 saturated heterocycles. The van der Waals surface area contributed by atoms with Crippen molar-refractivity contribution in [3.8, 4) is 11.8 Å². The Labute approximate surface area is 147 Å². The topological polar surface area (TPSA) is 48.3 Å². The highest BCUT2D eigenvalue weighted by Crippen LogP contribution is 2.25. The molecule has 124 valence electrons. The van der Waals surface area contributed by atoms with Crippen molar-refractivity contribution < 1.29 is 4.74 Å². The van der Waals surface area contributed by atoms with Crippen LogP contribution in [-0.2, 0) is 6.61 Å². The third-order valence-corrected chi connectivity index (χ3v) is 4.34. The third-order valence-electron chi connectivity index (χ3n) is 4.11. The Morgan fingerprint density at radius 3 is 2.71 bits per heavy atom. The fraction of sp³-hybridized carbons (Fsp3) is 0.316. The van der Waals surface area contributed by atoms with Crippen molar-refractivity contribution >= 4 is 11.6 Å². The van der Waals surface area contributed by atoms with Crippen molar-refractivity contribution in [2.45, 2.75) is 12.6 Å². The lowest BCUT2D eigenvalue weighted by molar-refractivity contribution is 0.207. The lowest BCUT2D eigenvalue weighted by atomic mass is 10.1. The van der Waals surface area contributed by atoms with Gasteiger partial charge in [-0.05, 0) is 35.4 Å². The molecule has 0 aromatic heterocycles. The van der Waals surface area contributed by atoms with Gasteiger partial charge in [0.05, 0.1) is 6.07 Å². The molecule has 0 aliphatic carbocycles. The van der Waals surface area contributed by atoms with Gasteiger partial charge < -0.3 is 10.1 Å². The van der Waals surface area contributed by atoms with Gasteiger partial charge in [0.25, 0.3) is 0 Å². The van der Waals surface area contributed by atoms with Crippen LogP contribution in [0, 0.1) is 11.3 Å². The van der Waals surface area contributed by atoms with E-state index in [0.29, 0.717) is 11.6 Å². The van der Waals surface area contributed by atoms with E-state index in [1.807, 2.05) is 48.5 Å². The van der Waals surface area contributed by atoms with Gasteiger partial charge in [-0.1, -0.05) is 35.9 Å². The number of piperazine rings is 1. The van der Waals surface area contributed by atoms with E-state index in [0.717, 1.165) is 43.1 Å². The molecule has 1 aliphatic rings. The molecule has 4 nitrogen and oxygen atoms in total. The van der Waals surface area contributed by atoms with Crippen molar-refractivity contribution in [3.63, 3.8) is 0 Å². The second kappa shape index (κ2) is 8.16. The van der Waals surface area contributed by atoms with Gasteiger partial charge in [0.2, 0.25) is 0 Å². The van der Waals surface area contributed by atoms with Gasteiger partial charge in [-0.25, -0.2) is 0 Å². The van der Waals surface area contributed by atoms with Crippen LogP contribution in [0.3, 0.4) is 0 Å². The molecule has 1 atom stereocenters. The highest BCUT2D eigenvalue weighted by atomic mass is 35.5. The molecule has 0 radical (unpaired) electrons. The third kappa shape index (κ3) is 4.27. The van der Waals surface area contributed by atoms with Crippen molar-refractivity contribution in [3.05, 3.63) is 64.7 Å². The van der Waals surface area contributed by atoms with Gasteiger partial charge >= 0.3 is 0 Å². The molecule has 1 fully saturated rings. The highest BCUT2D eigenvalue weighted by molar-refractivity contribution is 6.30. The van der Waals surface area contributed by atoms with Crippen LogP contribution in [0.25, 0.3) is 0 Å². The Bertz CT molecular complexity index is 723. The molecule has 1 N–H and O–H groups in total. The van der Waals surface area contributed by atoms with Gasteiger partial charge in [0.1, 0.15) is 18.4 Å². The van der Waals surface area contributed by atoms with E-state index in [4.69, 9.17) is 16.3 Å². The number of benzene rings is 2. The van der Waals surface area contributed by atoms with Crippen molar-refractivity contribution in [1.82, 2.24) is 10.2 Å². The van der Waals surface area contributed by atoms with Crippen molar-refractivity contribution in [2.24, 2.45) is 0 Å². The molecule has 0 saturated carbocycles. The minimum atomic E-state index is -0.234. The van der Waals surface area contributed by atoms with Crippen molar-refractivity contribution in [1.29, 1.82) is 5.26 Å². The van der Waals surface area contributed by atoms with Crippen LogP contribution in [0.5, 0.6) is 5.75 Å². The Morgan fingerprint density at radius 1 is 1.17 bits per heavy atom. The molecule has 0 bridgehead atoms. The maximum Gasteiger partial charge on any atom is 0.124 e. The molecule has 0 amide bonds. The SMILES string of the molecule is N#CC(c1cccc(OCc2cccc(Cl)c2)c1)N1CCNCC1. The fourth-order valence-electron chi connectivity index (χ4n) is 2.88. The molecule has 0 spiro atoms. The summed E-state index contributed by atoms with van der Waals surface area (Å²) in [6.45, 7) is 4.05. The van der Waals surface area contributed by atoms with Gasteiger partial charge in [0.15, 0.2) is 0 Å². The lowest BCUT2D eigenvalue weighted by Crippen LogP contribution is -2.44. The van der Waals surface area contributed by atoms with E-state index in [1.54, 1.807) is 0 Å². The first-order valence-electron chi connectivity index (χ1n) is 8.08. The van der Waals surface area contributed by atoms with Gasteiger partial charge in [0, 0.05) is 31.2 Å². The summed E-state index contributed by atoms with van der Waals surface area (Å²) in [4.78, 5) is 2.20. The number of nitrogens with one attached hydrogen (secondary N) is 1. The van der Waals surface area contributed by atoms with Gasteiger partial charge in [-0.15, -0.1) is 0 Å². The average molecular weight is 342 g/mol. The number of rotatable bonds is 5. The Hall–Kier alpha value is -2.06. The van der Waals surface area contributed by atoms with E-state index in [-0.39, 0.29) is 6.04 Å². The van der Waals surface area contributed by atoms with Crippen LogP contribution in [0.15, 0.2) is 48.5 Å². The molecule has 2 aromatic rings. The molecule has 5 heteroatoms. The van der Waals surface area contributed by atoms with Crippen LogP contribution in [0.4, 0.5) is 0 Å². The molecule has 24 heavy (non-hydrogen) atoms. The van der Waals surface area contributed by atoms with Crippen LogP contribution in [-0.4, -0.2) is 31.1 Å². The lowest BCUT2D eigenvalue weighted by Gasteiger charge is -2.31. The summed E-state index contributed by atoms with van der Waals surface area (Å²) in [6, 6.07) is 17.6. The predicted molar refractivity (Wildman–Crippen MR) is 95.0 cm³/mol. The van der Waals surface area contributed by atoms with E-state index < -0.39 is 0 Å². The summed E-state index contributed by atoms with van der Waals surface area (Å²) in [5, 5.41) is 13.6. The van der Waals surface area contributed by atoms with Crippen LogP contribution >= 0.6 is 11.6 Å². The van der Waals surface area contributed by atoms with E-state index in [1.165, 1.54) is 0 Å². The summed E-state index contributed by atoms with van der Waals surface area (Å²) in [5.41, 5.74) is 2.00. The van der Waals surface area contributed by atoms with Crippen molar-refractivity contribution in [2.75, 3.05) is 26.2 Å². The van der Waals surface area contributed by atoms with Crippen LogP contribution in [0.1, 0.15) is 17.2 Å². The Morgan fingerprint density at radius 2 is 1.96 bits per heavy atom. The largest absolute Gasteiger partial charge is 0.489 e. The molecule has 3 rings (SSSR count). The molecule has 1 aliphatic heterocycles. The second-order valence-electron chi connectivity index (χ2n) is 5.81. The zero-order valence-corrected chi connectivity index (χ0v) is 14.2. The first-order valence-corrected chi connectivity index (χ1v) is 8.45. The molecule has 1 heterocycles. The smallest absolute Gasteiger partial charge is 0.124 e. The maximum atomic E-state index is 9.59. The Balaban J connectivity index is 1.70. The summed E-state index contributed by atoms with van der Waals surface area (Å²) < 4.78 is 5.87. The average Bonchev–Trinajstić information content (AvgIpc) is 2.62. The first kappa shape index (κ1) is 16.8. The summed E-state index contributed by atoms with van der Waals surface area (Å²) >= 11 is 6.00. The Kier molecular flexibility index (Phi) is 5.71. The standard InChI is InChI=1S/C19H20ClN3O/c20-17-5-1-3-15(11-17)14-24-18-6-2-4-16(12-18)19(13-21)23-9-7-22-8-10-23/h1-6,11-12,19,22H,7-10,14H2. The van der Waals surface area contributed by atoms with Crippen LogP contribution < -0.4 is 10.1 Å². The molecule has 2 aromatic carbocycles. The number of nitrogens with zero attached hydrogens (tertiary/aromatic N) is 2. The normalized spacial score (nSPS) is 16.3. The highest BCUT2D eigenvalue weighted by Gasteiger charge is 2.22. The number of hydrogen-bond donors (Lipinski definition) is 1. The fourth-order valence-corrected chi connectivity index (χ4v) is 3.09. The molecular formula is C19H20ClN3O. The first-order chi connectivity index (χ1) is 11.8. The minimum Gasteiger partial charge on any atom is -0.489 e. The minimum absolute atomic E-state index is 0.234. The summed E-state index contributed by atoms with van der Waals surface area (Å²) in [7, 11) is 0.